The van der Waals surface area contributed by atoms with Crippen molar-refractivity contribution in [3.63, 3.8) is 0 Å². The van der Waals surface area contributed by atoms with Crippen LogP contribution in [0.25, 0.3) is 0 Å². The van der Waals surface area contributed by atoms with Crippen LogP contribution in [0.2, 0.25) is 0 Å². The highest BCUT2D eigenvalue weighted by molar-refractivity contribution is 5.21. The largest absolute Gasteiger partial charge is 0.389 e. The second-order valence-electron chi connectivity index (χ2n) is 4.29. The summed E-state index contributed by atoms with van der Waals surface area (Å²) in [4.78, 5) is 2.09. The van der Waals surface area contributed by atoms with Gasteiger partial charge in [0.2, 0.25) is 0 Å². The summed E-state index contributed by atoms with van der Waals surface area (Å²) in [7, 11) is 3.60. The molecule has 90 valence electrons. The predicted molar refractivity (Wildman–Crippen MR) is 65.4 cm³/mol. The molecule has 1 aromatic carbocycles. The van der Waals surface area contributed by atoms with Crippen molar-refractivity contribution in [3.05, 3.63) is 35.4 Å². The first-order valence-corrected chi connectivity index (χ1v) is 5.53. The lowest BCUT2D eigenvalue weighted by molar-refractivity contribution is 0.0419. The lowest BCUT2D eigenvalue weighted by atomic mass is 10.1. The number of benzene rings is 1. The van der Waals surface area contributed by atoms with Gasteiger partial charge in [-0.05, 0) is 19.5 Å². The number of aliphatic hydroxyl groups is 1. The van der Waals surface area contributed by atoms with E-state index in [9.17, 15) is 5.11 Å². The van der Waals surface area contributed by atoms with Gasteiger partial charge in [0.15, 0.2) is 0 Å². The molecule has 0 fully saturated rings. The van der Waals surface area contributed by atoms with Gasteiger partial charge in [-0.25, -0.2) is 0 Å². The first-order valence-electron chi connectivity index (χ1n) is 5.53. The minimum absolute atomic E-state index is 0.387. The minimum Gasteiger partial charge on any atom is -0.389 e. The zero-order valence-corrected chi connectivity index (χ0v) is 10.3. The Morgan fingerprint density at radius 3 is 2.50 bits per heavy atom. The van der Waals surface area contributed by atoms with Gasteiger partial charge < -0.3 is 9.84 Å². The van der Waals surface area contributed by atoms with E-state index in [1.807, 2.05) is 7.05 Å². The molecule has 0 spiro atoms. The fourth-order valence-corrected chi connectivity index (χ4v) is 1.67. The molecule has 16 heavy (non-hydrogen) atoms. The molecule has 0 saturated carbocycles. The summed E-state index contributed by atoms with van der Waals surface area (Å²) < 4.78 is 4.89. The van der Waals surface area contributed by atoms with E-state index in [1.54, 1.807) is 7.11 Å². The number of hydrogen-bond acceptors (Lipinski definition) is 3. The molecule has 1 atom stereocenters. The van der Waals surface area contributed by atoms with Crippen LogP contribution >= 0.6 is 0 Å². The third-order valence-corrected chi connectivity index (χ3v) is 2.45. The van der Waals surface area contributed by atoms with Gasteiger partial charge in [0.05, 0.1) is 12.7 Å². The van der Waals surface area contributed by atoms with Crippen LogP contribution in [-0.2, 0) is 11.3 Å². The quantitative estimate of drug-likeness (QED) is 0.792. The summed E-state index contributed by atoms with van der Waals surface area (Å²) in [5.74, 6) is 0. The zero-order chi connectivity index (χ0) is 12.0. The van der Waals surface area contributed by atoms with E-state index in [2.05, 4.69) is 36.1 Å². The first kappa shape index (κ1) is 13.2. The Morgan fingerprint density at radius 1 is 1.31 bits per heavy atom. The average molecular weight is 223 g/mol. The molecule has 0 aliphatic rings. The van der Waals surface area contributed by atoms with Gasteiger partial charge in [-0.2, -0.15) is 0 Å². The van der Waals surface area contributed by atoms with Gasteiger partial charge in [-0.15, -0.1) is 0 Å². The summed E-state index contributed by atoms with van der Waals surface area (Å²) in [6, 6.07) is 8.45. The average Bonchev–Trinajstić information content (AvgIpc) is 2.21. The van der Waals surface area contributed by atoms with Crippen LogP contribution in [-0.4, -0.2) is 43.4 Å². The Balaban J connectivity index is 2.39. The van der Waals surface area contributed by atoms with Gasteiger partial charge in [0, 0.05) is 20.2 Å². The monoisotopic (exact) mass is 223 g/mol. The van der Waals surface area contributed by atoms with Gasteiger partial charge in [-0.1, -0.05) is 29.8 Å². The lowest BCUT2D eigenvalue weighted by Crippen LogP contribution is -2.31. The second-order valence-corrected chi connectivity index (χ2v) is 4.29. The number of aryl methyl sites for hydroxylation is 1. The molecule has 0 amide bonds. The number of aliphatic hydroxyl groups excluding tert-OH is 1. The summed E-state index contributed by atoms with van der Waals surface area (Å²) in [6.07, 6.45) is -0.416. The summed E-state index contributed by atoms with van der Waals surface area (Å²) in [5, 5.41) is 9.58. The van der Waals surface area contributed by atoms with Gasteiger partial charge in [0.1, 0.15) is 0 Å². The van der Waals surface area contributed by atoms with E-state index in [0.717, 1.165) is 6.54 Å². The Kier molecular flexibility index (Phi) is 5.46. The van der Waals surface area contributed by atoms with Crippen LogP contribution in [0.1, 0.15) is 11.1 Å². The number of rotatable bonds is 6. The fourth-order valence-electron chi connectivity index (χ4n) is 1.67. The molecule has 1 aromatic rings. The molecule has 0 radical (unpaired) electrons. The number of hydrogen-bond donors (Lipinski definition) is 1. The topological polar surface area (TPSA) is 32.7 Å². The van der Waals surface area contributed by atoms with E-state index >= 15 is 0 Å². The molecule has 1 rings (SSSR count). The maximum absolute atomic E-state index is 9.58. The second kappa shape index (κ2) is 6.63. The molecular formula is C13H21NO2. The third-order valence-electron chi connectivity index (χ3n) is 2.45. The number of likely N-dealkylation sites (N-methyl/N-ethyl adjacent to an activating group) is 1. The first-order chi connectivity index (χ1) is 7.61. The van der Waals surface area contributed by atoms with Crippen molar-refractivity contribution in [2.24, 2.45) is 0 Å². The van der Waals surface area contributed by atoms with E-state index in [4.69, 9.17) is 4.74 Å². The molecule has 3 heteroatoms. The molecular weight excluding hydrogens is 202 g/mol. The van der Waals surface area contributed by atoms with E-state index < -0.39 is 6.10 Å². The lowest BCUT2D eigenvalue weighted by Gasteiger charge is -2.20. The minimum atomic E-state index is -0.416. The highest BCUT2D eigenvalue weighted by Gasteiger charge is 2.07. The van der Waals surface area contributed by atoms with Crippen molar-refractivity contribution in [2.45, 2.75) is 19.6 Å². The maximum atomic E-state index is 9.58. The SMILES string of the molecule is COCC(O)CN(C)Cc1ccc(C)cc1. The van der Waals surface area contributed by atoms with Crippen LogP contribution in [0.3, 0.4) is 0 Å². The highest BCUT2D eigenvalue weighted by Crippen LogP contribution is 2.06. The van der Waals surface area contributed by atoms with Crippen molar-refractivity contribution in [2.75, 3.05) is 27.3 Å². The van der Waals surface area contributed by atoms with E-state index in [1.165, 1.54) is 11.1 Å². The van der Waals surface area contributed by atoms with Crippen LogP contribution in [0, 0.1) is 6.92 Å². The van der Waals surface area contributed by atoms with Crippen molar-refractivity contribution in [3.8, 4) is 0 Å². The molecule has 0 aromatic heterocycles. The Labute approximate surface area is 97.7 Å². The number of methoxy groups -OCH3 is 1. The molecule has 0 aliphatic carbocycles. The number of nitrogens with zero attached hydrogens (tertiary/aromatic N) is 1. The summed E-state index contributed by atoms with van der Waals surface area (Å²) >= 11 is 0. The Hall–Kier alpha value is -0.900. The normalized spacial score (nSPS) is 13.1. The van der Waals surface area contributed by atoms with Gasteiger partial charge >= 0.3 is 0 Å². The fraction of sp³-hybridized carbons (Fsp3) is 0.538. The third kappa shape index (κ3) is 4.75. The van der Waals surface area contributed by atoms with Crippen molar-refractivity contribution in [1.82, 2.24) is 4.90 Å². The van der Waals surface area contributed by atoms with Crippen LogP contribution in [0.15, 0.2) is 24.3 Å². The van der Waals surface area contributed by atoms with Crippen LogP contribution in [0.4, 0.5) is 0 Å². The molecule has 3 nitrogen and oxygen atoms in total. The molecule has 1 unspecified atom stereocenters. The van der Waals surface area contributed by atoms with Crippen molar-refractivity contribution < 1.29 is 9.84 Å². The molecule has 0 aliphatic heterocycles. The molecule has 0 heterocycles. The Morgan fingerprint density at radius 2 is 1.94 bits per heavy atom. The van der Waals surface area contributed by atoms with E-state index in [-0.39, 0.29) is 0 Å². The van der Waals surface area contributed by atoms with Crippen LogP contribution in [0.5, 0.6) is 0 Å². The van der Waals surface area contributed by atoms with Crippen LogP contribution < -0.4 is 0 Å². The zero-order valence-electron chi connectivity index (χ0n) is 10.3. The Bertz CT molecular complexity index is 297. The van der Waals surface area contributed by atoms with Crippen molar-refractivity contribution >= 4 is 0 Å². The molecule has 0 saturated heterocycles. The molecule has 0 bridgehead atoms. The standard InChI is InChI=1S/C13H21NO2/c1-11-4-6-12(7-5-11)8-14(2)9-13(15)10-16-3/h4-7,13,15H,8-10H2,1-3H3. The van der Waals surface area contributed by atoms with Crippen molar-refractivity contribution in [1.29, 1.82) is 0 Å². The molecule has 1 N–H and O–H groups in total. The summed E-state index contributed by atoms with van der Waals surface area (Å²) in [6.45, 7) is 3.94. The smallest absolute Gasteiger partial charge is 0.0900 e. The number of ether oxygens (including phenoxy) is 1. The van der Waals surface area contributed by atoms with Gasteiger partial charge in [0.25, 0.3) is 0 Å². The predicted octanol–water partition coefficient (Wildman–Crippen LogP) is 1.43. The van der Waals surface area contributed by atoms with E-state index in [0.29, 0.717) is 13.2 Å². The van der Waals surface area contributed by atoms with Gasteiger partial charge in [-0.3, -0.25) is 4.90 Å². The highest BCUT2D eigenvalue weighted by atomic mass is 16.5. The maximum Gasteiger partial charge on any atom is 0.0900 e. The summed E-state index contributed by atoms with van der Waals surface area (Å²) in [5.41, 5.74) is 2.53.